The Hall–Kier alpha value is -3.03. The van der Waals surface area contributed by atoms with Crippen molar-refractivity contribution in [1.29, 1.82) is 0 Å². The summed E-state index contributed by atoms with van der Waals surface area (Å²) in [7, 11) is 0. The van der Waals surface area contributed by atoms with Crippen molar-refractivity contribution in [1.82, 2.24) is 4.90 Å². The van der Waals surface area contributed by atoms with E-state index in [0.29, 0.717) is 23.9 Å². The van der Waals surface area contributed by atoms with E-state index in [1.165, 1.54) is 4.90 Å². The lowest BCUT2D eigenvalue weighted by atomic mass is 10.2. The first kappa shape index (κ1) is 22.2. The minimum Gasteiger partial charge on any atom is -0.490 e. The van der Waals surface area contributed by atoms with Crippen molar-refractivity contribution >= 4 is 44.9 Å². The van der Waals surface area contributed by atoms with Gasteiger partial charge < -0.3 is 9.47 Å². The Morgan fingerprint density at radius 1 is 0.844 bits per heavy atom. The largest absolute Gasteiger partial charge is 0.490 e. The molecule has 1 fully saturated rings. The van der Waals surface area contributed by atoms with Crippen LogP contribution in [0, 0.1) is 0 Å². The zero-order valence-electron chi connectivity index (χ0n) is 17.1. The van der Waals surface area contributed by atoms with Crippen LogP contribution < -0.4 is 9.47 Å². The molecule has 0 unspecified atom stereocenters. The number of imide groups is 1. The number of rotatable bonds is 8. The molecule has 0 bridgehead atoms. The predicted molar refractivity (Wildman–Crippen MR) is 130 cm³/mol. The van der Waals surface area contributed by atoms with E-state index in [-0.39, 0.29) is 17.7 Å². The summed E-state index contributed by atoms with van der Waals surface area (Å²) < 4.78 is 12.3. The van der Waals surface area contributed by atoms with Gasteiger partial charge in [-0.1, -0.05) is 64.5 Å². The molecule has 1 heterocycles. The lowest BCUT2D eigenvalue weighted by Crippen LogP contribution is -2.27. The van der Waals surface area contributed by atoms with Crippen LogP contribution in [-0.2, 0) is 11.3 Å². The van der Waals surface area contributed by atoms with Crippen molar-refractivity contribution in [3.8, 4) is 11.5 Å². The molecule has 3 aromatic rings. The number of carbonyl (C=O) groups excluding carboxylic acids is 2. The van der Waals surface area contributed by atoms with Gasteiger partial charge in [0.1, 0.15) is 24.7 Å². The maximum absolute atomic E-state index is 12.8. The van der Waals surface area contributed by atoms with Gasteiger partial charge in [0.2, 0.25) is 0 Å². The molecule has 0 aliphatic carbocycles. The minimum absolute atomic E-state index is 0.230. The van der Waals surface area contributed by atoms with E-state index in [1.807, 2.05) is 78.9 Å². The minimum atomic E-state index is -0.293. The van der Waals surface area contributed by atoms with Crippen LogP contribution in [0.2, 0.25) is 0 Å². The summed E-state index contributed by atoms with van der Waals surface area (Å²) in [4.78, 5) is 26.9. The Morgan fingerprint density at radius 3 is 2.31 bits per heavy atom. The predicted octanol–water partition coefficient (Wildman–Crippen LogP) is 6.14. The maximum atomic E-state index is 12.8. The average molecular weight is 510 g/mol. The Bertz CT molecular complexity index is 1150. The quantitative estimate of drug-likeness (QED) is 0.269. The standard InChI is InChI=1S/C25H20BrNO4S/c26-22-12-5-4-8-19(22)17-27-24(28)23(32-25(27)29)16-18-7-6-11-21(15-18)31-14-13-30-20-9-2-1-3-10-20/h1-12,15-16H,13-14,17H2/b23-16-. The van der Waals surface area contributed by atoms with Crippen LogP contribution in [0.4, 0.5) is 4.79 Å². The van der Waals surface area contributed by atoms with Crippen molar-refractivity contribution in [2.45, 2.75) is 6.54 Å². The number of benzene rings is 3. The van der Waals surface area contributed by atoms with Crippen LogP contribution in [0.3, 0.4) is 0 Å². The number of para-hydroxylation sites is 1. The van der Waals surface area contributed by atoms with Gasteiger partial charge in [0.15, 0.2) is 0 Å². The van der Waals surface area contributed by atoms with Crippen LogP contribution in [0.25, 0.3) is 6.08 Å². The summed E-state index contributed by atoms with van der Waals surface area (Å²) in [6.07, 6.45) is 1.72. The van der Waals surface area contributed by atoms with Gasteiger partial charge in [-0.25, -0.2) is 0 Å². The average Bonchev–Trinajstić information content (AvgIpc) is 3.06. The maximum Gasteiger partial charge on any atom is 0.293 e. The number of halogens is 1. The molecule has 1 aliphatic rings. The molecule has 2 amide bonds. The van der Waals surface area contributed by atoms with E-state index in [1.54, 1.807) is 6.08 Å². The molecule has 5 nitrogen and oxygen atoms in total. The third-order valence-electron chi connectivity index (χ3n) is 4.68. The lowest BCUT2D eigenvalue weighted by Gasteiger charge is -2.13. The summed E-state index contributed by atoms with van der Waals surface area (Å²) >= 11 is 4.41. The summed E-state index contributed by atoms with van der Waals surface area (Å²) in [6.45, 7) is 1.04. The molecule has 0 spiro atoms. The molecule has 0 aromatic heterocycles. The zero-order valence-corrected chi connectivity index (χ0v) is 19.5. The Morgan fingerprint density at radius 2 is 1.53 bits per heavy atom. The van der Waals surface area contributed by atoms with Crippen LogP contribution in [-0.4, -0.2) is 29.3 Å². The van der Waals surface area contributed by atoms with E-state index >= 15 is 0 Å². The van der Waals surface area contributed by atoms with Crippen LogP contribution in [0.15, 0.2) is 88.2 Å². The molecule has 4 rings (SSSR count). The van der Waals surface area contributed by atoms with Gasteiger partial charge in [-0.15, -0.1) is 0 Å². The second kappa shape index (κ2) is 10.5. The van der Waals surface area contributed by atoms with Crippen molar-refractivity contribution in [2.24, 2.45) is 0 Å². The monoisotopic (exact) mass is 509 g/mol. The van der Waals surface area contributed by atoms with Crippen molar-refractivity contribution in [2.75, 3.05) is 13.2 Å². The Labute approximate surface area is 199 Å². The number of amides is 2. The van der Waals surface area contributed by atoms with Gasteiger partial charge in [0.05, 0.1) is 11.4 Å². The van der Waals surface area contributed by atoms with Gasteiger partial charge >= 0.3 is 0 Å². The van der Waals surface area contributed by atoms with Gasteiger partial charge in [-0.05, 0) is 59.3 Å². The number of carbonyl (C=O) groups is 2. The SMILES string of the molecule is O=C1S/C(=C\c2cccc(OCCOc3ccccc3)c2)C(=O)N1Cc1ccccc1Br. The molecule has 162 valence electrons. The highest BCUT2D eigenvalue weighted by Gasteiger charge is 2.35. The molecule has 3 aromatic carbocycles. The third-order valence-corrected chi connectivity index (χ3v) is 6.36. The first-order valence-electron chi connectivity index (χ1n) is 9.99. The van der Waals surface area contributed by atoms with Crippen LogP contribution in [0.5, 0.6) is 11.5 Å². The van der Waals surface area contributed by atoms with Gasteiger partial charge in [-0.2, -0.15) is 0 Å². The van der Waals surface area contributed by atoms with E-state index in [0.717, 1.165) is 33.1 Å². The number of nitrogens with zero attached hydrogens (tertiary/aromatic N) is 1. The number of hydrogen-bond acceptors (Lipinski definition) is 5. The molecule has 1 saturated heterocycles. The van der Waals surface area contributed by atoms with E-state index in [4.69, 9.17) is 9.47 Å². The van der Waals surface area contributed by atoms with E-state index in [9.17, 15) is 9.59 Å². The van der Waals surface area contributed by atoms with E-state index < -0.39 is 0 Å². The normalized spacial score (nSPS) is 14.8. The summed E-state index contributed by atoms with van der Waals surface area (Å²) in [5.74, 6) is 1.17. The van der Waals surface area contributed by atoms with Gasteiger partial charge in [0, 0.05) is 4.47 Å². The molecule has 0 atom stereocenters. The molecule has 32 heavy (non-hydrogen) atoms. The highest BCUT2D eigenvalue weighted by molar-refractivity contribution is 9.10. The first-order valence-corrected chi connectivity index (χ1v) is 11.6. The fraction of sp³-hybridized carbons (Fsp3) is 0.120. The smallest absolute Gasteiger partial charge is 0.293 e. The fourth-order valence-corrected chi connectivity index (χ4v) is 4.36. The lowest BCUT2D eigenvalue weighted by molar-refractivity contribution is -0.123. The number of ether oxygens (including phenoxy) is 2. The summed E-state index contributed by atoms with van der Waals surface area (Å²) in [6, 6.07) is 24.5. The molecule has 0 N–H and O–H groups in total. The van der Waals surface area contributed by atoms with Gasteiger partial charge in [0.25, 0.3) is 11.1 Å². The fourth-order valence-electron chi connectivity index (χ4n) is 3.11. The van der Waals surface area contributed by atoms with Crippen molar-refractivity contribution < 1.29 is 19.1 Å². The molecule has 1 aliphatic heterocycles. The second-order valence-corrected chi connectivity index (χ2v) is 8.79. The van der Waals surface area contributed by atoms with Gasteiger partial charge in [-0.3, -0.25) is 14.5 Å². The highest BCUT2D eigenvalue weighted by atomic mass is 79.9. The third kappa shape index (κ3) is 5.60. The zero-order chi connectivity index (χ0) is 22.3. The summed E-state index contributed by atoms with van der Waals surface area (Å²) in [5, 5.41) is -0.275. The summed E-state index contributed by atoms with van der Waals surface area (Å²) in [5.41, 5.74) is 1.67. The molecular weight excluding hydrogens is 490 g/mol. The van der Waals surface area contributed by atoms with Crippen molar-refractivity contribution in [3.63, 3.8) is 0 Å². The highest BCUT2D eigenvalue weighted by Crippen LogP contribution is 2.34. The Kier molecular flexibility index (Phi) is 7.29. The Balaban J connectivity index is 1.37. The first-order chi connectivity index (χ1) is 15.6. The topological polar surface area (TPSA) is 55.8 Å². The van der Waals surface area contributed by atoms with Crippen molar-refractivity contribution in [3.05, 3.63) is 99.4 Å². The van der Waals surface area contributed by atoms with Crippen LogP contribution >= 0.6 is 27.7 Å². The van der Waals surface area contributed by atoms with E-state index in [2.05, 4.69) is 15.9 Å². The van der Waals surface area contributed by atoms with Crippen LogP contribution in [0.1, 0.15) is 11.1 Å². The number of hydrogen-bond donors (Lipinski definition) is 0. The molecule has 0 radical (unpaired) electrons. The molecule has 7 heteroatoms. The molecular formula is C25H20BrNO4S. The second-order valence-electron chi connectivity index (χ2n) is 6.94. The number of thioether (sulfide) groups is 1. The molecule has 0 saturated carbocycles.